The lowest BCUT2D eigenvalue weighted by Crippen LogP contribution is -2.49. The van der Waals surface area contributed by atoms with Gasteiger partial charge in [0.2, 0.25) is 0 Å². The molecule has 1 amide bonds. The number of carbonyl (C=O) groups is 2. The van der Waals surface area contributed by atoms with Gasteiger partial charge in [-0.2, -0.15) is 0 Å². The van der Waals surface area contributed by atoms with Crippen LogP contribution in [0.3, 0.4) is 0 Å². The van der Waals surface area contributed by atoms with Gasteiger partial charge in [-0.3, -0.25) is 9.59 Å². The summed E-state index contributed by atoms with van der Waals surface area (Å²) in [4.78, 5) is 27.9. The van der Waals surface area contributed by atoms with Crippen LogP contribution < -0.4 is 4.90 Å². The number of hydrogen-bond donors (Lipinski definition) is 0. The van der Waals surface area contributed by atoms with E-state index >= 15 is 0 Å². The van der Waals surface area contributed by atoms with Crippen molar-refractivity contribution in [2.75, 3.05) is 31.1 Å². The van der Waals surface area contributed by atoms with Crippen LogP contribution in [0.25, 0.3) is 0 Å². The summed E-state index contributed by atoms with van der Waals surface area (Å²) < 4.78 is 0. The lowest BCUT2D eigenvalue weighted by atomic mass is 10.0. The van der Waals surface area contributed by atoms with Crippen LogP contribution in [-0.2, 0) is 0 Å². The van der Waals surface area contributed by atoms with Crippen molar-refractivity contribution in [3.63, 3.8) is 0 Å². The maximum absolute atomic E-state index is 12.7. The molecule has 0 atom stereocenters. The first-order chi connectivity index (χ1) is 12.0. The molecule has 0 N–H and O–H groups in total. The van der Waals surface area contributed by atoms with E-state index in [1.807, 2.05) is 62.1 Å². The van der Waals surface area contributed by atoms with Crippen LogP contribution in [0, 0.1) is 20.8 Å². The van der Waals surface area contributed by atoms with Crippen molar-refractivity contribution in [1.29, 1.82) is 0 Å². The van der Waals surface area contributed by atoms with E-state index in [0.29, 0.717) is 18.7 Å². The molecule has 0 saturated carbocycles. The standard InChI is InChI=1S/C21H24N2O2/c1-15-5-4-6-19(11-15)21(25)23-9-7-22(8-10-23)20-16(2)12-18(14-24)13-17(20)3/h4-6,11-14H,7-10H2,1-3H3. The predicted molar refractivity (Wildman–Crippen MR) is 101 cm³/mol. The van der Waals surface area contributed by atoms with Gasteiger partial charge in [-0.05, 0) is 56.2 Å². The van der Waals surface area contributed by atoms with Crippen LogP contribution in [0.2, 0.25) is 0 Å². The number of aryl methyl sites for hydroxylation is 3. The highest BCUT2D eigenvalue weighted by atomic mass is 16.2. The normalized spacial score (nSPS) is 14.5. The Kier molecular flexibility index (Phi) is 4.88. The van der Waals surface area contributed by atoms with Gasteiger partial charge in [-0.25, -0.2) is 0 Å². The number of piperazine rings is 1. The molecule has 0 bridgehead atoms. The molecule has 1 heterocycles. The first-order valence-electron chi connectivity index (χ1n) is 8.67. The van der Waals surface area contributed by atoms with E-state index in [0.717, 1.165) is 41.6 Å². The molecule has 4 heteroatoms. The lowest BCUT2D eigenvalue weighted by molar-refractivity contribution is 0.0746. The summed E-state index contributed by atoms with van der Waals surface area (Å²) >= 11 is 0. The zero-order valence-corrected chi connectivity index (χ0v) is 15.1. The second-order valence-corrected chi connectivity index (χ2v) is 6.77. The maximum Gasteiger partial charge on any atom is 0.253 e. The first-order valence-corrected chi connectivity index (χ1v) is 8.67. The molecule has 0 aliphatic carbocycles. The molecule has 1 aliphatic rings. The van der Waals surface area contributed by atoms with Crippen molar-refractivity contribution < 1.29 is 9.59 Å². The van der Waals surface area contributed by atoms with Gasteiger partial charge in [0.1, 0.15) is 6.29 Å². The third kappa shape index (κ3) is 3.58. The largest absolute Gasteiger partial charge is 0.368 e. The number of benzene rings is 2. The summed E-state index contributed by atoms with van der Waals surface area (Å²) in [5.41, 5.74) is 5.99. The average Bonchev–Trinajstić information content (AvgIpc) is 2.61. The minimum absolute atomic E-state index is 0.105. The van der Waals surface area contributed by atoms with E-state index in [1.165, 1.54) is 5.69 Å². The smallest absolute Gasteiger partial charge is 0.253 e. The summed E-state index contributed by atoms with van der Waals surface area (Å²) in [5, 5.41) is 0. The van der Waals surface area contributed by atoms with Crippen molar-refractivity contribution in [2.45, 2.75) is 20.8 Å². The van der Waals surface area contributed by atoms with Crippen molar-refractivity contribution in [3.8, 4) is 0 Å². The Morgan fingerprint density at radius 2 is 1.60 bits per heavy atom. The zero-order valence-electron chi connectivity index (χ0n) is 15.1. The van der Waals surface area contributed by atoms with Crippen LogP contribution in [-0.4, -0.2) is 43.3 Å². The van der Waals surface area contributed by atoms with Gasteiger partial charge in [-0.1, -0.05) is 17.7 Å². The van der Waals surface area contributed by atoms with E-state index in [4.69, 9.17) is 0 Å². The Morgan fingerprint density at radius 1 is 0.960 bits per heavy atom. The van der Waals surface area contributed by atoms with Gasteiger partial charge in [-0.15, -0.1) is 0 Å². The molecule has 0 aromatic heterocycles. The van der Waals surface area contributed by atoms with E-state index in [1.54, 1.807) is 0 Å². The monoisotopic (exact) mass is 336 g/mol. The van der Waals surface area contributed by atoms with Crippen molar-refractivity contribution >= 4 is 17.9 Å². The summed E-state index contributed by atoms with van der Waals surface area (Å²) in [5.74, 6) is 0.105. The van der Waals surface area contributed by atoms with E-state index in [-0.39, 0.29) is 5.91 Å². The van der Waals surface area contributed by atoms with Crippen LogP contribution in [0.1, 0.15) is 37.4 Å². The van der Waals surface area contributed by atoms with Crippen LogP contribution in [0.15, 0.2) is 36.4 Å². The Hall–Kier alpha value is -2.62. The van der Waals surface area contributed by atoms with Crippen LogP contribution >= 0.6 is 0 Å². The molecule has 1 fully saturated rings. The number of carbonyl (C=O) groups excluding carboxylic acids is 2. The van der Waals surface area contributed by atoms with Gasteiger partial charge in [0.15, 0.2) is 0 Å². The molecule has 130 valence electrons. The molecular formula is C21H24N2O2. The van der Waals surface area contributed by atoms with E-state index < -0.39 is 0 Å². The molecule has 2 aromatic carbocycles. The lowest BCUT2D eigenvalue weighted by Gasteiger charge is -2.37. The molecule has 0 radical (unpaired) electrons. The van der Waals surface area contributed by atoms with Crippen molar-refractivity contribution in [3.05, 3.63) is 64.2 Å². The molecule has 3 rings (SSSR count). The molecule has 25 heavy (non-hydrogen) atoms. The van der Waals surface area contributed by atoms with Gasteiger partial charge in [0, 0.05) is 43.0 Å². The third-order valence-corrected chi connectivity index (χ3v) is 4.80. The molecule has 0 spiro atoms. The van der Waals surface area contributed by atoms with E-state index in [2.05, 4.69) is 4.90 Å². The third-order valence-electron chi connectivity index (χ3n) is 4.80. The van der Waals surface area contributed by atoms with Gasteiger partial charge < -0.3 is 9.80 Å². The second kappa shape index (κ2) is 7.09. The summed E-state index contributed by atoms with van der Waals surface area (Å²) in [6.45, 7) is 9.12. The predicted octanol–water partition coefficient (Wildman–Crippen LogP) is 3.39. The van der Waals surface area contributed by atoms with Crippen molar-refractivity contribution in [1.82, 2.24) is 4.90 Å². The number of amides is 1. The number of aldehydes is 1. The molecule has 1 saturated heterocycles. The maximum atomic E-state index is 12.7. The van der Waals surface area contributed by atoms with Gasteiger partial charge in [0.25, 0.3) is 5.91 Å². The van der Waals surface area contributed by atoms with Crippen molar-refractivity contribution in [2.24, 2.45) is 0 Å². The molecule has 4 nitrogen and oxygen atoms in total. The minimum atomic E-state index is 0.105. The second-order valence-electron chi connectivity index (χ2n) is 6.77. The van der Waals surface area contributed by atoms with E-state index in [9.17, 15) is 9.59 Å². The molecule has 1 aliphatic heterocycles. The fourth-order valence-corrected chi connectivity index (χ4v) is 3.65. The fourth-order valence-electron chi connectivity index (χ4n) is 3.65. The number of nitrogens with zero attached hydrogens (tertiary/aromatic N) is 2. The summed E-state index contributed by atoms with van der Waals surface area (Å²) in [7, 11) is 0. The molecular weight excluding hydrogens is 312 g/mol. The highest BCUT2D eigenvalue weighted by Gasteiger charge is 2.24. The Morgan fingerprint density at radius 3 is 2.16 bits per heavy atom. The number of rotatable bonds is 3. The topological polar surface area (TPSA) is 40.6 Å². The Labute approximate surface area is 149 Å². The fraction of sp³-hybridized carbons (Fsp3) is 0.333. The Balaban J connectivity index is 1.72. The zero-order chi connectivity index (χ0) is 18.0. The average molecular weight is 336 g/mol. The quantitative estimate of drug-likeness (QED) is 0.807. The van der Waals surface area contributed by atoms with Gasteiger partial charge in [0.05, 0.1) is 0 Å². The first kappa shape index (κ1) is 17.2. The minimum Gasteiger partial charge on any atom is -0.368 e. The molecule has 2 aromatic rings. The summed E-state index contributed by atoms with van der Waals surface area (Å²) in [6.07, 6.45) is 0.891. The SMILES string of the molecule is Cc1cccc(C(=O)N2CCN(c3c(C)cc(C=O)cc3C)CC2)c1. The van der Waals surface area contributed by atoms with Gasteiger partial charge >= 0.3 is 0 Å². The highest BCUT2D eigenvalue weighted by Crippen LogP contribution is 2.27. The molecule has 0 unspecified atom stereocenters. The highest BCUT2D eigenvalue weighted by molar-refractivity contribution is 5.94. The number of anilines is 1. The Bertz CT molecular complexity index is 782. The number of hydrogen-bond acceptors (Lipinski definition) is 3. The van der Waals surface area contributed by atoms with Crippen LogP contribution in [0.5, 0.6) is 0 Å². The van der Waals surface area contributed by atoms with Crippen LogP contribution in [0.4, 0.5) is 5.69 Å². The summed E-state index contributed by atoms with van der Waals surface area (Å²) in [6, 6.07) is 11.6.